The Hall–Kier alpha value is -3.42. The number of phenols is 1. The van der Waals surface area contributed by atoms with E-state index in [1.165, 1.54) is 37.5 Å². The van der Waals surface area contributed by atoms with E-state index in [2.05, 4.69) is 27.2 Å². The van der Waals surface area contributed by atoms with Crippen molar-refractivity contribution in [3.05, 3.63) is 52.0 Å². The highest BCUT2D eigenvalue weighted by molar-refractivity contribution is 9.10. The maximum atomic E-state index is 12.3. The topological polar surface area (TPSA) is 91.6 Å². The van der Waals surface area contributed by atoms with E-state index in [0.29, 0.717) is 27.2 Å². The van der Waals surface area contributed by atoms with Gasteiger partial charge in [0.15, 0.2) is 11.5 Å². The van der Waals surface area contributed by atoms with Crippen molar-refractivity contribution in [3.63, 3.8) is 0 Å². The lowest BCUT2D eigenvalue weighted by Gasteiger charge is -2.12. The Morgan fingerprint density at radius 3 is 2.67 bits per heavy atom. The number of hydrogen-bond acceptors (Lipinski definition) is 5. The number of rotatable bonds is 6. The molecule has 0 aliphatic heterocycles. The van der Waals surface area contributed by atoms with Crippen molar-refractivity contribution in [2.45, 2.75) is 0 Å². The summed E-state index contributed by atoms with van der Waals surface area (Å²) >= 11 is 3.37. The fourth-order valence-electron chi connectivity index (χ4n) is 2.14. The van der Waals surface area contributed by atoms with Crippen molar-refractivity contribution in [1.29, 1.82) is 5.26 Å². The smallest absolute Gasteiger partial charge is 0.266 e. The van der Waals surface area contributed by atoms with Crippen LogP contribution in [0.3, 0.4) is 0 Å². The second kappa shape index (κ2) is 9.33. The van der Waals surface area contributed by atoms with Gasteiger partial charge in [0, 0.05) is 5.69 Å². The van der Waals surface area contributed by atoms with E-state index in [0.717, 1.165) is 0 Å². The van der Waals surface area contributed by atoms with Crippen LogP contribution in [-0.4, -0.2) is 24.7 Å². The average molecular weight is 427 g/mol. The average Bonchev–Trinajstić information content (AvgIpc) is 2.66. The summed E-state index contributed by atoms with van der Waals surface area (Å²) in [6.45, 7) is 0.0721. The highest BCUT2D eigenvalue weighted by Crippen LogP contribution is 2.37. The highest BCUT2D eigenvalue weighted by atomic mass is 79.9. The maximum Gasteiger partial charge on any atom is 0.266 e. The van der Waals surface area contributed by atoms with Crippen LogP contribution in [-0.2, 0) is 4.79 Å². The van der Waals surface area contributed by atoms with Gasteiger partial charge in [0.05, 0.1) is 11.6 Å². The number of ether oxygens (including phenoxy) is 2. The van der Waals surface area contributed by atoms with Gasteiger partial charge in [0.25, 0.3) is 5.91 Å². The highest BCUT2D eigenvalue weighted by Gasteiger charge is 2.14. The number of carbonyl (C=O) groups is 1. The molecule has 2 rings (SSSR count). The summed E-state index contributed by atoms with van der Waals surface area (Å²) < 4.78 is 11.3. The van der Waals surface area contributed by atoms with E-state index in [-0.39, 0.29) is 17.9 Å². The molecule has 7 heteroatoms. The van der Waals surface area contributed by atoms with E-state index < -0.39 is 5.91 Å². The molecule has 136 valence electrons. The third kappa shape index (κ3) is 5.27. The Kier molecular flexibility index (Phi) is 6.87. The van der Waals surface area contributed by atoms with Gasteiger partial charge in [-0.25, -0.2) is 0 Å². The first kappa shape index (κ1) is 19.9. The molecule has 27 heavy (non-hydrogen) atoms. The number of terminal acetylenes is 1. The standard InChI is InChI=1S/C20H15BrN2O4/c1-3-8-27-19-17(21)10-13(11-18(19)26-2)9-14(12-22)20(25)23-15-4-6-16(24)7-5-15/h1,4-7,9-11,24H,8H2,2H3,(H,23,25)/b14-9+. The van der Waals surface area contributed by atoms with Crippen LogP contribution in [0.25, 0.3) is 6.08 Å². The number of carbonyl (C=O) groups excluding carboxylic acids is 1. The van der Waals surface area contributed by atoms with Gasteiger partial charge in [0.2, 0.25) is 0 Å². The number of halogens is 1. The number of nitrogens with one attached hydrogen (secondary N) is 1. The molecule has 0 spiro atoms. The van der Waals surface area contributed by atoms with Gasteiger partial charge >= 0.3 is 0 Å². The van der Waals surface area contributed by atoms with Gasteiger partial charge < -0.3 is 19.9 Å². The minimum absolute atomic E-state index is 0.0721. The summed E-state index contributed by atoms with van der Waals surface area (Å²) in [6.07, 6.45) is 6.63. The molecule has 2 N–H and O–H groups in total. The summed E-state index contributed by atoms with van der Waals surface area (Å²) in [5, 5.41) is 21.2. The van der Waals surface area contributed by atoms with E-state index in [9.17, 15) is 15.2 Å². The molecular formula is C20H15BrN2O4. The lowest BCUT2D eigenvalue weighted by molar-refractivity contribution is -0.112. The van der Waals surface area contributed by atoms with Crippen molar-refractivity contribution in [2.75, 3.05) is 19.0 Å². The third-order valence-electron chi connectivity index (χ3n) is 3.35. The number of nitrogens with zero attached hydrogens (tertiary/aromatic N) is 1. The van der Waals surface area contributed by atoms with Crippen LogP contribution in [0, 0.1) is 23.7 Å². The molecule has 0 saturated heterocycles. The maximum absolute atomic E-state index is 12.3. The molecule has 6 nitrogen and oxygen atoms in total. The van der Waals surface area contributed by atoms with Gasteiger partial charge in [0.1, 0.15) is 24.0 Å². The predicted octanol–water partition coefficient (Wildman–Crippen LogP) is 3.72. The quantitative estimate of drug-likeness (QED) is 0.317. The van der Waals surface area contributed by atoms with Gasteiger partial charge in [-0.2, -0.15) is 5.26 Å². The minimum atomic E-state index is -0.578. The number of hydrogen-bond donors (Lipinski definition) is 2. The molecule has 0 heterocycles. The second-order valence-corrected chi connectivity index (χ2v) is 6.05. The van der Waals surface area contributed by atoms with Gasteiger partial charge in [-0.15, -0.1) is 6.42 Å². The number of anilines is 1. The van der Waals surface area contributed by atoms with E-state index in [1.54, 1.807) is 12.1 Å². The molecule has 0 unspecified atom stereocenters. The summed E-state index contributed by atoms with van der Waals surface area (Å²) in [5.41, 5.74) is 0.911. The molecule has 0 radical (unpaired) electrons. The van der Waals surface area contributed by atoms with Crippen LogP contribution in [0.4, 0.5) is 5.69 Å². The van der Waals surface area contributed by atoms with Crippen LogP contribution in [0.5, 0.6) is 17.2 Å². The van der Waals surface area contributed by atoms with E-state index in [1.807, 2.05) is 6.07 Å². The molecule has 0 aliphatic rings. The molecule has 0 fully saturated rings. The van der Waals surface area contributed by atoms with Crippen LogP contribution in [0.15, 0.2) is 46.4 Å². The lowest BCUT2D eigenvalue weighted by atomic mass is 10.1. The molecule has 0 aliphatic carbocycles. The first-order chi connectivity index (χ1) is 13.0. The Labute approximate surface area is 165 Å². The van der Waals surface area contributed by atoms with E-state index in [4.69, 9.17) is 15.9 Å². The molecule has 1 amide bonds. The predicted molar refractivity (Wildman–Crippen MR) is 105 cm³/mol. The molecule has 0 bridgehead atoms. The van der Waals surface area contributed by atoms with Gasteiger partial charge in [-0.05, 0) is 64.0 Å². The van der Waals surface area contributed by atoms with Crippen molar-refractivity contribution < 1.29 is 19.4 Å². The summed E-state index contributed by atoms with van der Waals surface area (Å²) in [7, 11) is 1.47. The number of phenolic OH excluding ortho intramolecular Hbond substituents is 1. The molecule has 0 aromatic heterocycles. The van der Waals surface area contributed by atoms with Crippen LogP contribution in [0.1, 0.15) is 5.56 Å². The molecule has 0 atom stereocenters. The van der Waals surface area contributed by atoms with Crippen LogP contribution < -0.4 is 14.8 Å². The van der Waals surface area contributed by atoms with Crippen LogP contribution in [0.2, 0.25) is 0 Å². The molecule has 0 saturated carbocycles. The third-order valence-corrected chi connectivity index (χ3v) is 3.94. The zero-order valence-corrected chi connectivity index (χ0v) is 15.9. The summed E-state index contributed by atoms with van der Waals surface area (Å²) in [6, 6.07) is 11.1. The monoisotopic (exact) mass is 426 g/mol. The van der Waals surface area contributed by atoms with Crippen molar-refractivity contribution in [3.8, 4) is 35.7 Å². The Morgan fingerprint density at radius 2 is 2.07 bits per heavy atom. The van der Waals surface area contributed by atoms with Crippen molar-refractivity contribution in [1.82, 2.24) is 0 Å². The number of aromatic hydroxyl groups is 1. The zero-order chi connectivity index (χ0) is 19.8. The zero-order valence-electron chi connectivity index (χ0n) is 14.3. The second-order valence-electron chi connectivity index (χ2n) is 5.20. The van der Waals surface area contributed by atoms with Gasteiger partial charge in [-0.3, -0.25) is 4.79 Å². The molecule has 2 aromatic carbocycles. The summed E-state index contributed by atoms with van der Waals surface area (Å²) in [4.78, 5) is 12.3. The van der Waals surface area contributed by atoms with Gasteiger partial charge in [-0.1, -0.05) is 5.92 Å². The fourth-order valence-corrected chi connectivity index (χ4v) is 2.71. The molecular weight excluding hydrogens is 412 g/mol. The van der Waals surface area contributed by atoms with E-state index >= 15 is 0 Å². The van der Waals surface area contributed by atoms with Crippen molar-refractivity contribution in [2.24, 2.45) is 0 Å². The lowest BCUT2D eigenvalue weighted by Crippen LogP contribution is -2.13. The molecule has 2 aromatic rings. The first-order valence-electron chi connectivity index (χ1n) is 7.64. The summed E-state index contributed by atoms with van der Waals surface area (Å²) in [5.74, 6) is 2.70. The van der Waals surface area contributed by atoms with Crippen LogP contribution >= 0.6 is 15.9 Å². The number of nitriles is 1. The number of methoxy groups -OCH3 is 1. The SMILES string of the molecule is C#CCOc1c(Br)cc(/C=C(\C#N)C(=O)Nc2ccc(O)cc2)cc1OC. The largest absolute Gasteiger partial charge is 0.508 e. The minimum Gasteiger partial charge on any atom is -0.508 e. The first-order valence-corrected chi connectivity index (χ1v) is 8.43. The Balaban J connectivity index is 2.29. The normalized spacial score (nSPS) is 10.4. The Morgan fingerprint density at radius 1 is 1.37 bits per heavy atom. The Bertz CT molecular complexity index is 954. The number of amides is 1. The fraction of sp³-hybridized carbons (Fsp3) is 0.100. The number of benzene rings is 2. The van der Waals surface area contributed by atoms with Crippen molar-refractivity contribution >= 4 is 33.6 Å².